The lowest BCUT2D eigenvalue weighted by Crippen LogP contribution is -2.27. The van der Waals surface area contributed by atoms with Gasteiger partial charge in [-0.3, -0.25) is 0 Å². The van der Waals surface area contributed by atoms with E-state index in [1.54, 1.807) is 19.2 Å². The number of nitrogens with one attached hydrogen (secondary N) is 1. The monoisotopic (exact) mass is 296 g/mol. The minimum absolute atomic E-state index is 0.0386. The molecule has 0 aliphatic heterocycles. The van der Waals surface area contributed by atoms with Crippen molar-refractivity contribution < 1.29 is 13.2 Å². The first-order valence-electron chi connectivity index (χ1n) is 6.27. The van der Waals surface area contributed by atoms with Crippen LogP contribution in [0.3, 0.4) is 0 Å². The molecule has 0 bridgehead atoms. The lowest BCUT2D eigenvalue weighted by molar-refractivity contribution is 0.335. The lowest BCUT2D eigenvalue weighted by Gasteiger charge is -2.16. The smallest absolute Gasteiger partial charge is 0.243 e. The van der Waals surface area contributed by atoms with E-state index in [4.69, 9.17) is 11.2 Å². The zero-order valence-corrected chi connectivity index (χ0v) is 12.8. The summed E-state index contributed by atoms with van der Waals surface area (Å²) in [4.78, 5) is 0.212. The van der Waals surface area contributed by atoms with Crippen LogP contribution in [0.1, 0.15) is 12.5 Å². The first-order chi connectivity index (χ1) is 9.47. The Morgan fingerprint density at radius 3 is 2.70 bits per heavy atom. The Morgan fingerprint density at radius 2 is 2.15 bits per heavy atom. The molecule has 0 atom stereocenters. The zero-order chi connectivity index (χ0) is 15.2. The van der Waals surface area contributed by atoms with Gasteiger partial charge in [0.2, 0.25) is 10.0 Å². The van der Waals surface area contributed by atoms with E-state index >= 15 is 0 Å². The number of ether oxygens (including phenoxy) is 1. The van der Waals surface area contributed by atoms with E-state index in [1.807, 2.05) is 6.92 Å². The van der Waals surface area contributed by atoms with Crippen molar-refractivity contribution in [2.45, 2.75) is 18.4 Å². The van der Waals surface area contributed by atoms with Crippen molar-refractivity contribution >= 4 is 10.0 Å². The Balaban J connectivity index is 3.20. The molecule has 1 aromatic carbocycles. The summed E-state index contributed by atoms with van der Waals surface area (Å²) >= 11 is 0. The molecule has 1 aromatic rings. The molecule has 0 unspecified atom stereocenters. The third-order valence-corrected chi connectivity index (χ3v) is 4.52. The summed E-state index contributed by atoms with van der Waals surface area (Å²) < 4.78 is 31.3. The molecule has 0 aliphatic rings. The highest BCUT2D eigenvalue weighted by molar-refractivity contribution is 7.89. The van der Waals surface area contributed by atoms with Gasteiger partial charge in [0.25, 0.3) is 0 Å². The molecule has 0 aromatic heterocycles. The van der Waals surface area contributed by atoms with E-state index in [0.717, 1.165) is 9.87 Å². The van der Waals surface area contributed by atoms with Crippen molar-refractivity contribution in [3.63, 3.8) is 0 Å². The molecule has 0 aliphatic carbocycles. The zero-order valence-electron chi connectivity index (χ0n) is 12.0. The first-order valence-corrected chi connectivity index (χ1v) is 7.71. The molecular weight excluding hydrogens is 276 g/mol. The molecular formula is C14H20N2O3S. The predicted molar refractivity (Wildman–Crippen MR) is 79.0 cm³/mol. The standard InChI is InChI=1S/C14H20N2O3S/c1-5-9-16(4)20(17,18)13-7-8-14(19-6-2)12(10-13)11-15-3/h1,7-8,10,15H,6,9,11H2,2-4H3. The van der Waals surface area contributed by atoms with Gasteiger partial charge in [0.05, 0.1) is 18.0 Å². The van der Waals surface area contributed by atoms with Crippen LogP contribution >= 0.6 is 0 Å². The minimum atomic E-state index is -3.57. The summed E-state index contributed by atoms with van der Waals surface area (Å²) in [6.07, 6.45) is 5.16. The van der Waals surface area contributed by atoms with Gasteiger partial charge in [0, 0.05) is 19.2 Å². The maximum absolute atomic E-state index is 12.3. The van der Waals surface area contributed by atoms with Crippen LogP contribution in [-0.2, 0) is 16.6 Å². The topological polar surface area (TPSA) is 58.6 Å². The van der Waals surface area contributed by atoms with Gasteiger partial charge in [-0.15, -0.1) is 6.42 Å². The first kappa shape index (κ1) is 16.5. The molecule has 6 heteroatoms. The molecule has 110 valence electrons. The van der Waals surface area contributed by atoms with Crippen LogP contribution in [0.2, 0.25) is 0 Å². The highest BCUT2D eigenvalue weighted by Crippen LogP contribution is 2.24. The van der Waals surface area contributed by atoms with Gasteiger partial charge in [0.1, 0.15) is 5.75 Å². The van der Waals surface area contributed by atoms with Crippen LogP contribution in [0.5, 0.6) is 5.75 Å². The Morgan fingerprint density at radius 1 is 1.45 bits per heavy atom. The van der Waals surface area contributed by atoms with Crippen molar-refractivity contribution in [3.05, 3.63) is 23.8 Å². The maximum atomic E-state index is 12.3. The predicted octanol–water partition coefficient (Wildman–Crippen LogP) is 1.06. The molecule has 1 N–H and O–H groups in total. The number of rotatable bonds is 7. The van der Waals surface area contributed by atoms with E-state index < -0.39 is 10.0 Å². The average Bonchev–Trinajstić information content (AvgIpc) is 2.41. The van der Waals surface area contributed by atoms with Gasteiger partial charge in [-0.05, 0) is 32.2 Å². The number of terminal acetylenes is 1. The number of hydrogen-bond donors (Lipinski definition) is 1. The van der Waals surface area contributed by atoms with Gasteiger partial charge in [-0.2, -0.15) is 4.31 Å². The Bertz CT molecular complexity index is 591. The van der Waals surface area contributed by atoms with E-state index in [1.165, 1.54) is 13.1 Å². The molecule has 5 nitrogen and oxygen atoms in total. The molecule has 0 fully saturated rings. The summed E-state index contributed by atoms with van der Waals surface area (Å²) in [7, 11) is -0.311. The second kappa shape index (κ2) is 7.29. The second-order valence-corrected chi connectivity index (χ2v) is 6.24. The van der Waals surface area contributed by atoms with Crippen molar-refractivity contribution in [1.29, 1.82) is 0 Å². The van der Waals surface area contributed by atoms with Crippen LogP contribution < -0.4 is 10.1 Å². The van der Waals surface area contributed by atoms with E-state index in [9.17, 15) is 8.42 Å². The number of benzene rings is 1. The lowest BCUT2D eigenvalue weighted by atomic mass is 10.2. The number of hydrogen-bond acceptors (Lipinski definition) is 4. The van der Waals surface area contributed by atoms with Crippen LogP contribution in [0.15, 0.2) is 23.1 Å². The normalized spacial score (nSPS) is 11.3. The molecule has 0 amide bonds. The van der Waals surface area contributed by atoms with Crippen molar-refractivity contribution in [1.82, 2.24) is 9.62 Å². The quantitative estimate of drug-likeness (QED) is 0.764. The molecule has 0 spiro atoms. The Hall–Kier alpha value is -1.55. The van der Waals surface area contributed by atoms with Crippen LogP contribution in [0.25, 0.3) is 0 Å². The fourth-order valence-corrected chi connectivity index (χ4v) is 2.87. The molecule has 1 rings (SSSR count). The van der Waals surface area contributed by atoms with Crippen molar-refractivity contribution in [2.75, 3.05) is 27.2 Å². The highest BCUT2D eigenvalue weighted by atomic mass is 32.2. The molecule has 0 saturated heterocycles. The van der Waals surface area contributed by atoms with Crippen molar-refractivity contribution in [2.24, 2.45) is 0 Å². The molecule has 0 heterocycles. The molecule has 20 heavy (non-hydrogen) atoms. The second-order valence-electron chi connectivity index (χ2n) is 4.20. The van der Waals surface area contributed by atoms with Crippen molar-refractivity contribution in [3.8, 4) is 18.1 Å². The Kier molecular flexibility index (Phi) is 6.02. The van der Waals surface area contributed by atoms with Gasteiger partial charge < -0.3 is 10.1 Å². The van der Waals surface area contributed by atoms with Crippen LogP contribution in [0, 0.1) is 12.3 Å². The van der Waals surface area contributed by atoms with Crippen LogP contribution in [-0.4, -0.2) is 40.0 Å². The highest BCUT2D eigenvalue weighted by Gasteiger charge is 2.21. The SMILES string of the molecule is C#CCN(C)S(=O)(=O)c1ccc(OCC)c(CNC)c1. The fraction of sp³-hybridized carbons (Fsp3) is 0.429. The average molecular weight is 296 g/mol. The van der Waals surface area contributed by atoms with Gasteiger partial charge >= 0.3 is 0 Å². The largest absolute Gasteiger partial charge is 0.494 e. The third kappa shape index (κ3) is 3.73. The molecule has 0 saturated carbocycles. The summed E-state index contributed by atoms with van der Waals surface area (Å²) in [6, 6.07) is 4.82. The Labute approximate surface area is 121 Å². The minimum Gasteiger partial charge on any atom is -0.494 e. The van der Waals surface area contributed by atoms with E-state index in [0.29, 0.717) is 18.9 Å². The summed E-state index contributed by atoms with van der Waals surface area (Å²) in [5.74, 6) is 3.01. The maximum Gasteiger partial charge on any atom is 0.243 e. The van der Waals surface area contributed by atoms with E-state index in [-0.39, 0.29) is 11.4 Å². The number of sulfonamides is 1. The molecule has 0 radical (unpaired) electrons. The third-order valence-electron chi connectivity index (χ3n) is 2.72. The summed E-state index contributed by atoms with van der Waals surface area (Å²) in [5.41, 5.74) is 0.796. The van der Waals surface area contributed by atoms with Gasteiger partial charge in [-0.1, -0.05) is 5.92 Å². The fourth-order valence-electron chi connectivity index (χ4n) is 1.73. The van der Waals surface area contributed by atoms with Gasteiger partial charge in [0.15, 0.2) is 0 Å². The van der Waals surface area contributed by atoms with E-state index in [2.05, 4.69) is 11.2 Å². The van der Waals surface area contributed by atoms with Crippen LogP contribution in [0.4, 0.5) is 0 Å². The van der Waals surface area contributed by atoms with Gasteiger partial charge in [-0.25, -0.2) is 8.42 Å². The summed E-state index contributed by atoms with van der Waals surface area (Å²) in [6.45, 7) is 2.97. The summed E-state index contributed by atoms with van der Waals surface area (Å²) in [5, 5.41) is 3.00. The number of nitrogens with zero attached hydrogens (tertiary/aromatic N) is 1.